The number of halogens is 5. The summed E-state index contributed by atoms with van der Waals surface area (Å²) >= 11 is 3.38. The minimum absolute atomic E-state index is 0.00447. The normalized spacial score (nSPS) is 13.6. The molecular weight excluding hydrogens is 350 g/mol. The van der Waals surface area contributed by atoms with E-state index in [1.54, 1.807) is 0 Å². The van der Waals surface area contributed by atoms with Crippen LogP contribution in [0, 0.1) is 5.82 Å². The number of thiazole rings is 1. The molecule has 1 N–H and O–H groups in total. The van der Waals surface area contributed by atoms with Crippen LogP contribution in [-0.4, -0.2) is 10.1 Å². The van der Waals surface area contributed by atoms with Gasteiger partial charge >= 0.3 is 6.18 Å². The van der Waals surface area contributed by atoms with E-state index in [0.717, 1.165) is 12.3 Å². The van der Waals surface area contributed by atoms with E-state index < -0.39 is 23.1 Å². The maximum absolute atomic E-state index is 13.2. The van der Waals surface area contributed by atoms with E-state index in [1.807, 2.05) is 0 Å². The summed E-state index contributed by atoms with van der Waals surface area (Å²) in [5.41, 5.74) is 0.157. The third-order valence-electron chi connectivity index (χ3n) is 2.24. The lowest BCUT2D eigenvalue weighted by Gasteiger charge is -2.09. The lowest BCUT2D eigenvalue weighted by Crippen LogP contribution is -2.03. The van der Waals surface area contributed by atoms with E-state index in [-0.39, 0.29) is 10.4 Å². The number of benzene rings is 1. The van der Waals surface area contributed by atoms with Crippen LogP contribution in [0.3, 0.4) is 0 Å². The molecular formula is C11H6BrF4NOS. The first kappa shape index (κ1) is 14.4. The third-order valence-corrected chi connectivity index (χ3v) is 3.79. The van der Waals surface area contributed by atoms with Crippen molar-refractivity contribution in [1.29, 1.82) is 0 Å². The summed E-state index contributed by atoms with van der Waals surface area (Å²) in [4.78, 5) is 3.21. The Balaban J connectivity index is 2.33. The van der Waals surface area contributed by atoms with Gasteiger partial charge in [-0.1, -0.05) is 15.9 Å². The Morgan fingerprint density at radius 2 is 1.95 bits per heavy atom. The molecule has 2 rings (SSSR count). The lowest BCUT2D eigenvalue weighted by molar-refractivity contribution is -0.137. The summed E-state index contributed by atoms with van der Waals surface area (Å²) < 4.78 is 50.7. The van der Waals surface area contributed by atoms with Gasteiger partial charge in [-0.05, 0) is 23.8 Å². The molecule has 0 aliphatic heterocycles. The van der Waals surface area contributed by atoms with E-state index >= 15 is 0 Å². The SMILES string of the molecule is OC(c1cc(F)cc(Br)c1)c1cnc(C(F)(F)F)s1. The molecule has 0 bridgehead atoms. The van der Waals surface area contributed by atoms with Crippen LogP contribution >= 0.6 is 27.3 Å². The first-order chi connectivity index (χ1) is 8.77. The zero-order valence-corrected chi connectivity index (χ0v) is 11.5. The van der Waals surface area contributed by atoms with Crippen LogP contribution in [0.5, 0.6) is 0 Å². The van der Waals surface area contributed by atoms with Crippen molar-refractivity contribution in [2.45, 2.75) is 12.3 Å². The van der Waals surface area contributed by atoms with Gasteiger partial charge in [0.05, 0.1) is 4.88 Å². The molecule has 8 heteroatoms. The predicted molar refractivity (Wildman–Crippen MR) is 65.3 cm³/mol. The Kier molecular flexibility index (Phi) is 3.93. The lowest BCUT2D eigenvalue weighted by atomic mass is 10.1. The molecule has 2 aromatic rings. The molecule has 0 amide bonds. The molecule has 1 aromatic heterocycles. The van der Waals surface area contributed by atoms with Gasteiger partial charge in [0.15, 0.2) is 5.01 Å². The number of aliphatic hydroxyl groups excluding tert-OH is 1. The number of aromatic nitrogens is 1. The van der Waals surface area contributed by atoms with Gasteiger partial charge in [0.25, 0.3) is 0 Å². The van der Waals surface area contributed by atoms with Crippen LogP contribution in [0.1, 0.15) is 21.6 Å². The monoisotopic (exact) mass is 355 g/mol. The molecule has 0 radical (unpaired) electrons. The van der Waals surface area contributed by atoms with Gasteiger partial charge in [-0.25, -0.2) is 9.37 Å². The van der Waals surface area contributed by atoms with Crippen molar-refractivity contribution in [1.82, 2.24) is 4.98 Å². The van der Waals surface area contributed by atoms with E-state index in [2.05, 4.69) is 20.9 Å². The first-order valence-electron chi connectivity index (χ1n) is 4.94. The second-order valence-corrected chi connectivity index (χ2v) is 5.65. The number of nitrogens with zero attached hydrogens (tertiary/aromatic N) is 1. The minimum atomic E-state index is -4.55. The maximum Gasteiger partial charge on any atom is 0.443 e. The molecule has 102 valence electrons. The molecule has 0 saturated carbocycles. The van der Waals surface area contributed by atoms with Gasteiger partial charge in [-0.2, -0.15) is 13.2 Å². The summed E-state index contributed by atoms with van der Waals surface area (Å²) in [6.07, 6.45) is -4.96. The zero-order chi connectivity index (χ0) is 14.2. The number of rotatable bonds is 2. The Morgan fingerprint density at radius 1 is 1.26 bits per heavy atom. The molecule has 2 nitrogen and oxygen atoms in total. The Morgan fingerprint density at radius 3 is 2.47 bits per heavy atom. The smallest absolute Gasteiger partial charge is 0.383 e. The summed E-state index contributed by atoms with van der Waals surface area (Å²) in [7, 11) is 0. The summed E-state index contributed by atoms with van der Waals surface area (Å²) in [5.74, 6) is -0.594. The Hall–Kier alpha value is -0.990. The zero-order valence-electron chi connectivity index (χ0n) is 9.08. The molecule has 1 unspecified atom stereocenters. The van der Waals surface area contributed by atoms with Crippen LogP contribution in [0.4, 0.5) is 17.6 Å². The molecule has 1 heterocycles. The predicted octanol–water partition coefficient (Wildman–Crippen LogP) is 4.15. The van der Waals surface area contributed by atoms with Gasteiger partial charge in [-0.15, -0.1) is 11.3 Å². The molecule has 0 fully saturated rings. The molecule has 0 spiro atoms. The quantitative estimate of drug-likeness (QED) is 0.821. The summed E-state index contributed by atoms with van der Waals surface area (Å²) in [5, 5.41) is 8.89. The highest BCUT2D eigenvalue weighted by Crippen LogP contribution is 2.36. The standard InChI is InChI=1S/C11H6BrF4NOS/c12-6-1-5(2-7(13)3-6)9(18)8-4-17-10(19-8)11(14,15)16/h1-4,9,18H. The third kappa shape index (κ3) is 3.31. The Labute approximate surface area is 117 Å². The van der Waals surface area contributed by atoms with Crippen LogP contribution < -0.4 is 0 Å². The van der Waals surface area contributed by atoms with Crippen LogP contribution in [-0.2, 0) is 6.18 Å². The largest absolute Gasteiger partial charge is 0.443 e. The average molecular weight is 356 g/mol. The van der Waals surface area contributed by atoms with E-state index in [4.69, 9.17) is 0 Å². The highest BCUT2D eigenvalue weighted by atomic mass is 79.9. The number of alkyl halides is 3. The molecule has 1 atom stereocenters. The van der Waals surface area contributed by atoms with Crippen LogP contribution in [0.25, 0.3) is 0 Å². The first-order valence-corrected chi connectivity index (χ1v) is 6.55. The fourth-order valence-corrected chi connectivity index (χ4v) is 2.72. The van der Waals surface area contributed by atoms with Crippen molar-refractivity contribution in [3.05, 3.63) is 50.1 Å². The number of hydrogen-bond acceptors (Lipinski definition) is 3. The van der Waals surface area contributed by atoms with Gasteiger partial charge in [-0.3, -0.25) is 0 Å². The highest BCUT2D eigenvalue weighted by Gasteiger charge is 2.35. The fraction of sp³-hybridized carbons (Fsp3) is 0.182. The van der Waals surface area contributed by atoms with Crippen molar-refractivity contribution < 1.29 is 22.7 Å². The van der Waals surface area contributed by atoms with E-state index in [9.17, 15) is 22.7 Å². The summed E-state index contributed by atoms with van der Waals surface area (Å²) in [6.45, 7) is 0. The van der Waals surface area contributed by atoms with Crippen molar-refractivity contribution in [3.8, 4) is 0 Å². The number of aliphatic hydroxyl groups is 1. The van der Waals surface area contributed by atoms with Crippen molar-refractivity contribution in [2.75, 3.05) is 0 Å². The average Bonchev–Trinajstić information content (AvgIpc) is 2.75. The van der Waals surface area contributed by atoms with Crippen molar-refractivity contribution in [3.63, 3.8) is 0 Å². The van der Waals surface area contributed by atoms with E-state index in [0.29, 0.717) is 15.8 Å². The second-order valence-electron chi connectivity index (χ2n) is 3.67. The minimum Gasteiger partial charge on any atom is -0.383 e. The van der Waals surface area contributed by atoms with Crippen LogP contribution in [0.15, 0.2) is 28.9 Å². The molecule has 0 aliphatic carbocycles. The summed E-state index contributed by atoms with van der Waals surface area (Å²) in [6, 6.07) is 3.67. The molecule has 0 aliphatic rings. The maximum atomic E-state index is 13.2. The highest BCUT2D eigenvalue weighted by molar-refractivity contribution is 9.10. The van der Waals surface area contributed by atoms with Gasteiger partial charge in [0, 0.05) is 10.7 Å². The second kappa shape index (κ2) is 5.18. The van der Waals surface area contributed by atoms with Gasteiger partial charge in [0.1, 0.15) is 11.9 Å². The van der Waals surface area contributed by atoms with Crippen molar-refractivity contribution >= 4 is 27.3 Å². The van der Waals surface area contributed by atoms with Gasteiger partial charge in [0.2, 0.25) is 0 Å². The van der Waals surface area contributed by atoms with Crippen LogP contribution in [0.2, 0.25) is 0 Å². The Bertz CT molecular complexity index is 578. The topological polar surface area (TPSA) is 33.1 Å². The fourth-order valence-electron chi connectivity index (χ4n) is 1.44. The van der Waals surface area contributed by atoms with Crippen molar-refractivity contribution in [2.24, 2.45) is 0 Å². The molecule has 0 saturated heterocycles. The van der Waals surface area contributed by atoms with E-state index in [1.165, 1.54) is 12.1 Å². The molecule has 1 aromatic carbocycles. The number of hydrogen-bond donors (Lipinski definition) is 1. The van der Waals surface area contributed by atoms with Gasteiger partial charge < -0.3 is 5.11 Å². The molecule has 19 heavy (non-hydrogen) atoms.